The van der Waals surface area contributed by atoms with E-state index in [1.807, 2.05) is 0 Å². The first kappa shape index (κ1) is 18.1. The Morgan fingerprint density at radius 1 is 1.19 bits per heavy atom. The Morgan fingerprint density at radius 2 is 2.00 bits per heavy atom. The zero-order valence-corrected chi connectivity index (χ0v) is 14.6. The van der Waals surface area contributed by atoms with E-state index in [0.717, 1.165) is 16.7 Å². The van der Waals surface area contributed by atoms with Crippen molar-refractivity contribution in [3.63, 3.8) is 0 Å². The van der Waals surface area contributed by atoms with Crippen molar-refractivity contribution in [3.8, 4) is 11.4 Å². The van der Waals surface area contributed by atoms with Crippen LogP contribution in [0.1, 0.15) is 11.3 Å². The van der Waals surface area contributed by atoms with E-state index in [2.05, 4.69) is 41.4 Å². The fraction of sp³-hybridized carbons (Fsp3) is 0.125. The molecule has 6 nitrogen and oxygen atoms in total. The van der Waals surface area contributed by atoms with E-state index in [4.69, 9.17) is 0 Å². The average Bonchev–Trinajstić information content (AvgIpc) is 3.10. The molecule has 3 rings (SSSR count). The summed E-state index contributed by atoms with van der Waals surface area (Å²) in [7, 11) is 0. The molecule has 3 aromatic rings. The first-order chi connectivity index (χ1) is 12.3. The summed E-state index contributed by atoms with van der Waals surface area (Å²) in [5.41, 5.74) is 0.488. The second-order valence-corrected chi connectivity index (χ2v) is 6.21. The van der Waals surface area contributed by atoms with Gasteiger partial charge in [-0.1, -0.05) is 22.0 Å². The van der Waals surface area contributed by atoms with Gasteiger partial charge in [0.25, 0.3) is 0 Å². The van der Waals surface area contributed by atoms with Gasteiger partial charge < -0.3 is 5.32 Å². The normalized spacial score (nSPS) is 11.4. The van der Waals surface area contributed by atoms with E-state index in [1.165, 1.54) is 12.4 Å². The Morgan fingerprint density at radius 3 is 2.62 bits per heavy atom. The first-order valence-corrected chi connectivity index (χ1v) is 8.09. The Labute approximate surface area is 154 Å². The zero-order valence-electron chi connectivity index (χ0n) is 13.0. The van der Waals surface area contributed by atoms with E-state index >= 15 is 0 Å². The molecule has 26 heavy (non-hydrogen) atoms. The molecule has 1 amide bonds. The highest BCUT2D eigenvalue weighted by Crippen LogP contribution is 2.29. The number of amides is 1. The monoisotopic (exact) mass is 425 g/mol. The summed E-state index contributed by atoms with van der Waals surface area (Å²) in [4.78, 5) is 19.7. The van der Waals surface area contributed by atoms with Crippen molar-refractivity contribution in [2.75, 3.05) is 5.32 Å². The van der Waals surface area contributed by atoms with Crippen molar-refractivity contribution in [3.05, 3.63) is 58.6 Å². The summed E-state index contributed by atoms with van der Waals surface area (Å²) in [5.74, 6) is 0.0763. The molecule has 0 aliphatic carbocycles. The van der Waals surface area contributed by atoms with Gasteiger partial charge >= 0.3 is 6.18 Å². The number of nitrogens with one attached hydrogen (secondary N) is 2. The Hall–Kier alpha value is -2.75. The summed E-state index contributed by atoms with van der Waals surface area (Å²) >= 11 is 3.35. The van der Waals surface area contributed by atoms with Crippen LogP contribution in [0, 0.1) is 0 Å². The third-order valence-corrected chi connectivity index (χ3v) is 3.90. The summed E-state index contributed by atoms with van der Waals surface area (Å²) in [5, 5.41) is 9.22. The molecule has 10 heteroatoms. The number of halogens is 4. The third kappa shape index (κ3) is 4.26. The molecule has 0 fully saturated rings. The fourth-order valence-electron chi connectivity index (χ4n) is 2.23. The number of alkyl halides is 3. The number of hydrogen-bond acceptors (Lipinski definition) is 4. The van der Waals surface area contributed by atoms with Crippen molar-refractivity contribution < 1.29 is 18.0 Å². The van der Waals surface area contributed by atoms with Gasteiger partial charge in [-0.2, -0.15) is 18.3 Å². The van der Waals surface area contributed by atoms with Crippen LogP contribution in [0.3, 0.4) is 0 Å². The zero-order chi connectivity index (χ0) is 18.7. The molecular formula is C16H11BrF3N5O. The quantitative estimate of drug-likeness (QED) is 0.665. The second-order valence-electron chi connectivity index (χ2n) is 5.30. The molecule has 0 aliphatic heterocycles. The van der Waals surface area contributed by atoms with E-state index in [-0.39, 0.29) is 6.42 Å². The Bertz CT molecular complexity index is 911. The number of H-pyrrole nitrogens is 1. The summed E-state index contributed by atoms with van der Waals surface area (Å²) in [6, 6.07) is 7.27. The molecule has 0 aliphatic rings. The molecule has 0 spiro atoms. The number of carbonyl (C=O) groups is 1. The van der Waals surface area contributed by atoms with E-state index in [0.29, 0.717) is 22.6 Å². The van der Waals surface area contributed by atoms with Crippen molar-refractivity contribution in [1.29, 1.82) is 0 Å². The second kappa shape index (κ2) is 7.24. The van der Waals surface area contributed by atoms with Crippen LogP contribution >= 0.6 is 15.9 Å². The van der Waals surface area contributed by atoms with Gasteiger partial charge in [0.05, 0.1) is 12.1 Å². The number of benzene rings is 1. The highest BCUT2D eigenvalue weighted by molar-refractivity contribution is 9.10. The maximum absolute atomic E-state index is 12.5. The minimum Gasteiger partial charge on any atom is -0.325 e. The standard InChI is InChI=1S/C16H11BrF3N5O/c17-10-2-3-12(11(6-10)15-22-8-23-25-15)24-14(26)5-9-1-4-13(21-7-9)16(18,19)20/h1-4,6-8H,5H2,(H,24,26)(H,22,23,25). The topological polar surface area (TPSA) is 83.6 Å². The number of anilines is 1. The molecule has 0 bridgehead atoms. The number of carbonyl (C=O) groups excluding carboxylic acids is 1. The third-order valence-electron chi connectivity index (χ3n) is 3.41. The lowest BCUT2D eigenvalue weighted by molar-refractivity contribution is -0.141. The van der Waals surface area contributed by atoms with E-state index < -0.39 is 17.8 Å². The maximum atomic E-state index is 12.5. The molecule has 2 aromatic heterocycles. The first-order valence-electron chi connectivity index (χ1n) is 7.30. The van der Waals surface area contributed by atoms with Crippen molar-refractivity contribution in [2.24, 2.45) is 0 Å². The Kier molecular flexibility index (Phi) is 5.03. The van der Waals surface area contributed by atoms with Gasteiger partial charge in [-0.05, 0) is 29.8 Å². The molecule has 0 atom stereocenters. The number of nitrogens with zero attached hydrogens (tertiary/aromatic N) is 3. The number of aromatic nitrogens is 4. The maximum Gasteiger partial charge on any atom is 0.433 e. The van der Waals surface area contributed by atoms with Crippen LogP contribution in [0.5, 0.6) is 0 Å². The van der Waals surface area contributed by atoms with Crippen LogP contribution in [0.15, 0.2) is 47.3 Å². The van der Waals surface area contributed by atoms with Crippen LogP contribution in [-0.4, -0.2) is 26.1 Å². The predicted molar refractivity (Wildman–Crippen MR) is 91.1 cm³/mol. The van der Waals surface area contributed by atoms with Gasteiger partial charge in [0, 0.05) is 16.2 Å². The number of hydrogen-bond donors (Lipinski definition) is 2. The summed E-state index contributed by atoms with van der Waals surface area (Å²) < 4.78 is 38.4. The number of rotatable bonds is 4. The van der Waals surface area contributed by atoms with Crippen LogP contribution in [0.2, 0.25) is 0 Å². The van der Waals surface area contributed by atoms with Crippen molar-refractivity contribution in [2.45, 2.75) is 12.6 Å². The van der Waals surface area contributed by atoms with Gasteiger partial charge in [0.2, 0.25) is 5.91 Å². The lowest BCUT2D eigenvalue weighted by Gasteiger charge is -2.10. The van der Waals surface area contributed by atoms with Crippen LogP contribution in [0.4, 0.5) is 18.9 Å². The fourth-order valence-corrected chi connectivity index (χ4v) is 2.59. The molecular weight excluding hydrogens is 415 g/mol. The van der Waals surface area contributed by atoms with Crippen LogP contribution < -0.4 is 5.32 Å². The smallest absolute Gasteiger partial charge is 0.325 e. The molecule has 0 radical (unpaired) electrons. The van der Waals surface area contributed by atoms with Gasteiger partial charge in [-0.3, -0.25) is 14.9 Å². The molecule has 0 unspecified atom stereocenters. The van der Waals surface area contributed by atoms with Gasteiger partial charge in [-0.15, -0.1) is 0 Å². The molecule has 0 saturated carbocycles. The minimum absolute atomic E-state index is 0.114. The summed E-state index contributed by atoms with van der Waals surface area (Å²) in [6.07, 6.45) is -2.24. The number of aromatic amines is 1. The highest BCUT2D eigenvalue weighted by Gasteiger charge is 2.32. The van der Waals surface area contributed by atoms with Gasteiger partial charge in [0.1, 0.15) is 12.0 Å². The Balaban J connectivity index is 1.75. The predicted octanol–water partition coefficient (Wildman–Crippen LogP) is 3.83. The molecule has 0 saturated heterocycles. The number of pyridine rings is 1. The highest BCUT2D eigenvalue weighted by atomic mass is 79.9. The average molecular weight is 426 g/mol. The van der Waals surface area contributed by atoms with Gasteiger partial charge in [0.15, 0.2) is 5.82 Å². The largest absolute Gasteiger partial charge is 0.433 e. The molecule has 2 N–H and O–H groups in total. The summed E-state index contributed by atoms with van der Waals surface area (Å²) in [6.45, 7) is 0. The SMILES string of the molecule is O=C(Cc1ccc(C(F)(F)F)nc1)Nc1ccc(Br)cc1-c1ncn[nH]1. The van der Waals surface area contributed by atoms with Crippen LogP contribution in [-0.2, 0) is 17.4 Å². The van der Waals surface area contributed by atoms with Crippen LogP contribution in [0.25, 0.3) is 11.4 Å². The van der Waals surface area contributed by atoms with Crippen molar-refractivity contribution in [1.82, 2.24) is 20.2 Å². The van der Waals surface area contributed by atoms with E-state index in [9.17, 15) is 18.0 Å². The molecule has 1 aromatic carbocycles. The lowest BCUT2D eigenvalue weighted by Crippen LogP contribution is -2.16. The minimum atomic E-state index is -4.51. The molecule has 134 valence electrons. The molecule has 2 heterocycles. The van der Waals surface area contributed by atoms with E-state index in [1.54, 1.807) is 18.2 Å². The lowest BCUT2D eigenvalue weighted by atomic mass is 10.1. The van der Waals surface area contributed by atoms with Gasteiger partial charge in [-0.25, -0.2) is 4.98 Å². The van der Waals surface area contributed by atoms with Crippen molar-refractivity contribution >= 4 is 27.5 Å².